The van der Waals surface area contributed by atoms with E-state index in [9.17, 15) is 14.7 Å². The third-order valence-electron chi connectivity index (χ3n) is 8.54. The fraction of sp³-hybridized carbons (Fsp3) is 0.500. The number of carbonyl (C=O) groups is 2. The Morgan fingerprint density at radius 3 is 2.68 bits per heavy atom. The van der Waals surface area contributed by atoms with Crippen molar-refractivity contribution in [1.29, 1.82) is 0 Å². The summed E-state index contributed by atoms with van der Waals surface area (Å²) in [6, 6.07) is 6.12. The second-order valence-electron chi connectivity index (χ2n) is 11.7. The zero-order valence-electron chi connectivity index (χ0n) is 21.8. The van der Waals surface area contributed by atoms with Crippen molar-refractivity contribution in [3.8, 4) is 11.3 Å². The maximum absolute atomic E-state index is 13.2. The van der Waals surface area contributed by atoms with Gasteiger partial charge in [0.2, 0.25) is 0 Å². The molecule has 0 saturated heterocycles. The summed E-state index contributed by atoms with van der Waals surface area (Å²) >= 11 is 0. The van der Waals surface area contributed by atoms with Gasteiger partial charge >= 0.3 is 0 Å². The van der Waals surface area contributed by atoms with Crippen LogP contribution < -0.4 is 11.1 Å². The number of hydrogen-bond acceptors (Lipinski definition) is 6. The normalized spacial score (nSPS) is 22.2. The van der Waals surface area contributed by atoms with Gasteiger partial charge in [-0.3, -0.25) is 9.59 Å². The molecule has 1 unspecified atom stereocenters. The molecule has 0 radical (unpaired) electrons. The Morgan fingerprint density at radius 1 is 1.27 bits per heavy atom. The molecule has 3 heterocycles. The molecule has 4 N–H and O–H groups in total. The first-order valence-corrected chi connectivity index (χ1v) is 13.1. The summed E-state index contributed by atoms with van der Waals surface area (Å²) in [5.41, 5.74) is 10.4. The standard InChI is InChI=1S/C28H34N6O3/c1-14-9-17(10-18-13-33(27(36)22(14)18)15(2)16-5-6-16)21-7-8-34-25(31-21)23(24(29)32-34)26(35)30-20-11-19(12-20)28(3,4)37/h7-10,15-16,19-20,37H,5-6,11-13H2,1-4H3,(H2,29,32)(H,30,35). The van der Waals surface area contributed by atoms with E-state index < -0.39 is 5.60 Å². The average molecular weight is 503 g/mol. The van der Waals surface area contributed by atoms with Crippen LogP contribution in [0.25, 0.3) is 16.9 Å². The van der Waals surface area contributed by atoms with Crippen LogP contribution in [0, 0.1) is 18.8 Å². The van der Waals surface area contributed by atoms with E-state index in [1.54, 1.807) is 20.0 Å². The molecular weight excluding hydrogens is 468 g/mol. The Morgan fingerprint density at radius 2 is 2.00 bits per heavy atom. The number of nitrogens with zero attached hydrogens (tertiary/aromatic N) is 4. The van der Waals surface area contributed by atoms with E-state index in [4.69, 9.17) is 10.7 Å². The molecule has 37 heavy (non-hydrogen) atoms. The molecular formula is C28H34N6O3. The van der Waals surface area contributed by atoms with Crippen molar-refractivity contribution in [2.75, 3.05) is 5.73 Å². The third kappa shape index (κ3) is 4.05. The van der Waals surface area contributed by atoms with Gasteiger partial charge in [0.1, 0.15) is 5.56 Å². The quantitative estimate of drug-likeness (QED) is 0.475. The number of aliphatic hydroxyl groups is 1. The number of fused-ring (bicyclic) bond motifs is 2. The number of hydrogen-bond donors (Lipinski definition) is 3. The molecule has 1 aromatic carbocycles. The van der Waals surface area contributed by atoms with Gasteiger partial charge in [-0.05, 0) is 94.5 Å². The van der Waals surface area contributed by atoms with Gasteiger partial charge in [-0.2, -0.15) is 0 Å². The molecule has 6 rings (SSSR count). The van der Waals surface area contributed by atoms with E-state index in [0.717, 1.165) is 35.1 Å². The fourth-order valence-corrected chi connectivity index (χ4v) is 5.89. The van der Waals surface area contributed by atoms with Crippen LogP contribution in [0.3, 0.4) is 0 Å². The van der Waals surface area contributed by atoms with E-state index in [0.29, 0.717) is 23.8 Å². The molecule has 2 amide bonds. The largest absolute Gasteiger partial charge is 0.390 e. The highest BCUT2D eigenvalue weighted by atomic mass is 16.3. The SMILES string of the molecule is Cc1cc(-c2ccn3nc(N)c(C(=O)NC4CC(C(C)(C)O)C4)c3n2)cc2c1C(=O)N(C(C)C1CC1)C2. The lowest BCUT2D eigenvalue weighted by Gasteiger charge is -2.42. The minimum absolute atomic E-state index is 0.0145. The minimum atomic E-state index is -0.757. The van der Waals surface area contributed by atoms with Gasteiger partial charge < -0.3 is 21.1 Å². The Bertz CT molecular complexity index is 1430. The highest BCUT2D eigenvalue weighted by Crippen LogP contribution is 2.40. The van der Waals surface area contributed by atoms with Crippen molar-refractivity contribution >= 4 is 23.3 Å². The third-order valence-corrected chi connectivity index (χ3v) is 8.54. The molecule has 1 aliphatic heterocycles. The number of nitrogen functional groups attached to an aromatic ring is 1. The monoisotopic (exact) mass is 502 g/mol. The van der Waals surface area contributed by atoms with E-state index in [2.05, 4.69) is 17.3 Å². The maximum Gasteiger partial charge on any atom is 0.259 e. The molecule has 2 fully saturated rings. The molecule has 2 saturated carbocycles. The predicted octanol–water partition coefficient (Wildman–Crippen LogP) is 3.32. The summed E-state index contributed by atoms with van der Waals surface area (Å²) in [7, 11) is 0. The zero-order valence-corrected chi connectivity index (χ0v) is 21.8. The van der Waals surface area contributed by atoms with Crippen molar-refractivity contribution < 1.29 is 14.7 Å². The Kier molecular flexibility index (Phi) is 5.35. The first-order valence-electron chi connectivity index (χ1n) is 13.1. The van der Waals surface area contributed by atoms with Gasteiger partial charge in [0, 0.05) is 36.0 Å². The van der Waals surface area contributed by atoms with Crippen molar-refractivity contribution in [2.45, 2.75) is 77.6 Å². The van der Waals surface area contributed by atoms with Gasteiger partial charge in [-0.1, -0.05) is 0 Å². The van der Waals surface area contributed by atoms with Crippen molar-refractivity contribution in [3.63, 3.8) is 0 Å². The lowest BCUT2D eigenvalue weighted by atomic mass is 9.71. The van der Waals surface area contributed by atoms with Crippen LogP contribution in [-0.2, 0) is 6.54 Å². The zero-order chi connectivity index (χ0) is 26.2. The smallest absolute Gasteiger partial charge is 0.259 e. The van der Waals surface area contributed by atoms with Crippen molar-refractivity contribution in [1.82, 2.24) is 24.8 Å². The molecule has 3 aliphatic rings. The van der Waals surface area contributed by atoms with Crippen LogP contribution in [0.15, 0.2) is 24.4 Å². The van der Waals surface area contributed by atoms with Crippen molar-refractivity contribution in [2.24, 2.45) is 11.8 Å². The number of amides is 2. The van der Waals surface area contributed by atoms with Crippen LogP contribution in [0.4, 0.5) is 5.82 Å². The van der Waals surface area contributed by atoms with E-state index in [1.165, 1.54) is 17.4 Å². The van der Waals surface area contributed by atoms with Crippen LogP contribution in [0.2, 0.25) is 0 Å². The molecule has 2 aromatic heterocycles. The summed E-state index contributed by atoms with van der Waals surface area (Å²) in [5.74, 6) is 0.701. The summed E-state index contributed by atoms with van der Waals surface area (Å²) in [5, 5.41) is 17.5. The van der Waals surface area contributed by atoms with Gasteiger partial charge in [-0.25, -0.2) is 9.50 Å². The summed E-state index contributed by atoms with van der Waals surface area (Å²) in [6.07, 6.45) is 5.59. The number of nitrogens with one attached hydrogen (secondary N) is 1. The van der Waals surface area contributed by atoms with Crippen LogP contribution in [0.5, 0.6) is 0 Å². The second-order valence-corrected chi connectivity index (χ2v) is 11.7. The topological polar surface area (TPSA) is 126 Å². The van der Waals surface area contributed by atoms with E-state index in [-0.39, 0.29) is 41.2 Å². The van der Waals surface area contributed by atoms with Crippen LogP contribution >= 0.6 is 0 Å². The Hall–Kier alpha value is -3.46. The van der Waals surface area contributed by atoms with Crippen molar-refractivity contribution in [3.05, 3.63) is 46.6 Å². The number of aryl methyl sites for hydroxylation is 1. The average Bonchev–Trinajstić information content (AvgIpc) is 3.51. The molecule has 3 aromatic rings. The number of benzene rings is 1. The maximum atomic E-state index is 13.2. The number of aromatic nitrogens is 3. The number of anilines is 1. The first kappa shape index (κ1) is 23.9. The highest BCUT2D eigenvalue weighted by molar-refractivity contribution is 6.04. The molecule has 9 heteroatoms. The summed E-state index contributed by atoms with van der Waals surface area (Å²) < 4.78 is 1.52. The lowest BCUT2D eigenvalue weighted by Crippen LogP contribution is -2.51. The number of rotatable bonds is 6. The van der Waals surface area contributed by atoms with Crippen LogP contribution in [-0.4, -0.2) is 54.1 Å². The summed E-state index contributed by atoms with van der Waals surface area (Å²) in [6.45, 7) is 8.33. The van der Waals surface area contributed by atoms with Gasteiger partial charge in [0.05, 0.1) is 11.3 Å². The summed E-state index contributed by atoms with van der Waals surface area (Å²) in [4.78, 5) is 33.1. The first-order chi connectivity index (χ1) is 17.5. The second kappa shape index (κ2) is 8.28. The fourth-order valence-electron chi connectivity index (χ4n) is 5.89. The lowest BCUT2D eigenvalue weighted by molar-refractivity contribution is -0.0309. The van der Waals surface area contributed by atoms with Gasteiger partial charge in [0.25, 0.3) is 11.8 Å². The van der Waals surface area contributed by atoms with Gasteiger partial charge in [0.15, 0.2) is 11.5 Å². The highest BCUT2D eigenvalue weighted by Gasteiger charge is 2.41. The van der Waals surface area contributed by atoms with Gasteiger partial charge in [-0.15, -0.1) is 5.10 Å². The predicted molar refractivity (Wildman–Crippen MR) is 140 cm³/mol. The molecule has 1 atom stereocenters. The molecule has 0 spiro atoms. The molecule has 194 valence electrons. The van der Waals surface area contributed by atoms with E-state index in [1.807, 2.05) is 30.0 Å². The Labute approximate surface area is 216 Å². The van der Waals surface area contributed by atoms with E-state index >= 15 is 0 Å². The van der Waals surface area contributed by atoms with Crippen LogP contribution in [0.1, 0.15) is 78.3 Å². The number of nitrogens with two attached hydrogens (primary N) is 1. The molecule has 9 nitrogen and oxygen atoms in total. The molecule has 0 bridgehead atoms. The minimum Gasteiger partial charge on any atom is -0.390 e. The number of carbonyl (C=O) groups excluding carboxylic acids is 2. The molecule has 2 aliphatic carbocycles. The Balaban J connectivity index is 1.28.